The molecule has 0 nitrogen and oxygen atoms in total. The molecule has 154 valence electrons. The Kier molecular flexibility index (Phi) is 6.83. The van der Waals surface area contributed by atoms with Crippen molar-refractivity contribution in [3.8, 4) is 11.1 Å². The lowest BCUT2D eigenvalue weighted by atomic mass is 9.70. The number of allylic oxidation sites excluding steroid dienone is 2. The summed E-state index contributed by atoms with van der Waals surface area (Å²) in [7, 11) is 0. The van der Waals surface area contributed by atoms with Gasteiger partial charge in [-0.1, -0.05) is 76.2 Å². The van der Waals surface area contributed by atoms with Crippen LogP contribution in [0.5, 0.6) is 0 Å². The van der Waals surface area contributed by atoms with Crippen molar-refractivity contribution in [2.24, 2.45) is 0 Å². The van der Waals surface area contributed by atoms with E-state index in [0.717, 1.165) is 12.8 Å². The van der Waals surface area contributed by atoms with Crippen LogP contribution in [0.1, 0.15) is 100 Å². The van der Waals surface area contributed by atoms with Crippen LogP contribution in [-0.2, 0) is 5.41 Å². The van der Waals surface area contributed by atoms with Gasteiger partial charge in [0.1, 0.15) is 0 Å². The molecule has 29 heavy (non-hydrogen) atoms. The first-order chi connectivity index (χ1) is 13.9. The first-order valence-electron chi connectivity index (χ1n) is 11.5. The van der Waals surface area contributed by atoms with Gasteiger partial charge in [0.25, 0.3) is 0 Å². The van der Waals surface area contributed by atoms with Crippen molar-refractivity contribution in [1.29, 1.82) is 0 Å². The summed E-state index contributed by atoms with van der Waals surface area (Å²) in [6.45, 7) is 17.2. The molecule has 0 aliphatic heterocycles. The van der Waals surface area contributed by atoms with Crippen molar-refractivity contribution >= 4 is 0 Å². The molecule has 0 fully saturated rings. The van der Waals surface area contributed by atoms with Gasteiger partial charge in [0.15, 0.2) is 0 Å². The van der Waals surface area contributed by atoms with Gasteiger partial charge in [0, 0.05) is 5.41 Å². The number of rotatable bonds is 10. The topological polar surface area (TPSA) is 0 Å². The van der Waals surface area contributed by atoms with E-state index >= 15 is 0 Å². The van der Waals surface area contributed by atoms with Crippen molar-refractivity contribution in [3.63, 3.8) is 0 Å². The van der Waals surface area contributed by atoms with Gasteiger partial charge in [-0.15, -0.1) is 13.2 Å². The molecule has 2 aromatic carbocycles. The Bertz CT molecular complexity index is 792. The highest BCUT2D eigenvalue weighted by Crippen LogP contribution is 2.55. The third kappa shape index (κ3) is 4.13. The zero-order valence-electron chi connectivity index (χ0n) is 18.9. The van der Waals surface area contributed by atoms with Crippen molar-refractivity contribution in [2.45, 2.75) is 83.5 Å². The second-order valence-electron chi connectivity index (χ2n) is 9.36. The molecule has 3 rings (SSSR count). The molecule has 1 aliphatic carbocycles. The van der Waals surface area contributed by atoms with E-state index < -0.39 is 0 Å². The van der Waals surface area contributed by atoms with Gasteiger partial charge in [0.05, 0.1) is 0 Å². The smallest absolute Gasteiger partial charge is 0.0215 e. The quantitative estimate of drug-likeness (QED) is 0.282. The van der Waals surface area contributed by atoms with E-state index in [0.29, 0.717) is 11.8 Å². The second kappa shape index (κ2) is 9.16. The van der Waals surface area contributed by atoms with E-state index in [9.17, 15) is 0 Å². The molecule has 0 heterocycles. The summed E-state index contributed by atoms with van der Waals surface area (Å²) in [5.74, 6) is 1.10. The predicted molar refractivity (Wildman–Crippen MR) is 129 cm³/mol. The molecule has 0 N–H and O–H groups in total. The standard InChI is InChI=1S/C29H38/c1-7-9-11-17-29(18-12-10-8-2)27-19-23(21(3)4)13-15-25(27)26-16-14-24(22(5)6)20-28(26)29/h7-8,13-16,19-22H,1-2,9-12,17-18H2,3-6H3. The van der Waals surface area contributed by atoms with Gasteiger partial charge in [-0.3, -0.25) is 0 Å². The SMILES string of the molecule is C=CCCCC1(CCCC=C)c2cc(C(C)C)ccc2-c2ccc(C(C)C)cc21. The van der Waals surface area contributed by atoms with Crippen molar-refractivity contribution in [2.75, 3.05) is 0 Å². The van der Waals surface area contributed by atoms with Gasteiger partial charge < -0.3 is 0 Å². The number of hydrogen-bond donors (Lipinski definition) is 0. The zero-order chi connectivity index (χ0) is 21.0. The van der Waals surface area contributed by atoms with Crippen LogP contribution in [-0.4, -0.2) is 0 Å². The molecule has 0 saturated carbocycles. The maximum atomic E-state index is 3.97. The molecule has 0 atom stereocenters. The molecular weight excluding hydrogens is 348 g/mol. The van der Waals surface area contributed by atoms with Crippen LogP contribution in [0.4, 0.5) is 0 Å². The highest BCUT2D eigenvalue weighted by Gasteiger charge is 2.42. The first kappa shape index (κ1) is 21.6. The Morgan fingerprint density at radius 1 is 0.724 bits per heavy atom. The van der Waals surface area contributed by atoms with Crippen LogP contribution in [0.15, 0.2) is 61.7 Å². The van der Waals surface area contributed by atoms with Gasteiger partial charge in [-0.25, -0.2) is 0 Å². The second-order valence-corrected chi connectivity index (χ2v) is 9.36. The van der Waals surface area contributed by atoms with Crippen LogP contribution in [0, 0.1) is 0 Å². The summed E-state index contributed by atoms with van der Waals surface area (Å²) in [5.41, 5.74) is 9.07. The first-order valence-corrected chi connectivity index (χ1v) is 11.5. The molecular formula is C29H38. The number of hydrogen-bond acceptors (Lipinski definition) is 0. The summed E-state index contributed by atoms with van der Waals surface area (Å²) < 4.78 is 0. The largest absolute Gasteiger partial charge is 0.103 e. The number of fused-ring (bicyclic) bond motifs is 3. The highest BCUT2D eigenvalue weighted by molar-refractivity contribution is 5.82. The number of unbranched alkanes of at least 4 members (excludes halogenated alkanes) is 2. The molecule has 0 aromatic heterocycles. The van der Waals surface area contributed by atoms with Gasteiger partial charge in [-0.2, -0.15) is 0 Å². The van der Waals surface area contributed by atoms with Gasteiger partial charge in [-0.05, 0) is 83.7 Å². The van der Waals surface area contributed by atoms with Crippen molar-refractivity contribution in [1.82, 2.24) is 0 Å². The molecule has 2 aromatic rings. The summed E-state index contributed by atoms with van der Waals surface area (Å²) >= 11 is 0. The van der Waals surface area contributed by atoms with Crippen LogP contribution >= 0.6 is 0 Å². The molecule has 0 heteroatoms. The minimum Gasteiger partial charge on any atom is -0.103 e. The van der Waals surface area contributed by atoms with E-state index in [1.807, 2.05) is 0 Å². The van der Waals surface area contributed by atoms with Crippen LogP contribution in [0.25, 0.3) is 11.1 Å². The molecule has 1 aliphatic rings. The molecule has 0 amide bonds. The fourth-order valence-electron chi connectivity index (χ4n) is 5.01. The Hall–Kier alpha value is -2.08. The van der Waals surface area contributed by atoms with E-state index in [1.54, 1.807) is 11.1 Å². The third-order valence-corrected chi connectivity index (χ3v) is 6.77. The Balaban J connectivity index is 2.21. The molecule has 0 spiro atoms. The van der Waals surface area contributed by atoms with Crippen LogP contribution in [0.3, 0.4) is 0 Å². The average Bonchev–Trinajstić information content (AvgIpc) is 2.97. The lowest BCUT2D eigenvalue weighted by Crippen LogP contribution is -2.26. The zero-order valence-corrected chi connectivity index (χ0v) is 18.9. The van der Waals surface area contributed by atoms with Crippen molar-refractivity contribution < 1.29 is 0 Å². The summed E-state index contributed by atoms with van der Waals surface area (Å²) in [6.07, 6.45) is 11.1. The fourth-order valence-corrected chi connectivity index (χ4v) is 5.01. The van der Waals surface area contributed by atoms with Crippen LogP contribution in [0.2, 0.25) is 0 Å². The molecule has 0 saturated heterocycles. The van der Waals surface area contributed by atoms with Crippen LogP contribution < -0.4 is 0 Å². The van der Waals surface area contributed by atoms with Gasteiger partial charge >= 0.3 is 0 Å². The Morgan fingerprint density at radius 2 is 1.14 bits per heavy atom. The maximum Gasteiger partial charge on any atom is 0.0215 e. The summed E-state index contributed by atoms with van der Waals surface area (Å²) in [5, 5.41) is 0. The lowest BCUT2D eigenvalue weighted by molar-refractivity contribution is 0.421. The lowest BCUT2D eigenvalue weighted by Gasteiger charge is -2.33. The highest BCUT2D eigenvalue weighted by atomic mass is 14.4. The summed E-state index contributed by atoms with van der Waals surface area (Å²) in [6, 6.07) is 14.5. The average molecular weight is 387 g/mol. The minimum absolute atomic E-state index is 0.118. The van der Waals surface area contributed by atoms with E-state index in [-0.39, 0.29) is 5.41 Å². The van der Waals surface area contributed by atoms with E-state index in [2.05, 4.69) is 89.4 Å². The number of benzene rings is 2. The summed E-state index contributed by atoms with van der Waals surface area (Å²) in [4.78, 5) is 0. The van der Waals surface area contributed by atoms with Gasteiger partial charge in [0.2, 0.25) is 0 Å². The molecule has 0 radical (unpaired) electrons. The maximum absolute atomic E-state index is 3.97. The Labute approximate surface area is 178 Å². The Morgan fingerprint density at radius 3 is 1.48 bits per heavy atom. The van der Waals surface area contributed by atoms with E-state index in [4.69, 9.17) is 0 Å². The van der Waals surface area contributed by atoms with E-state index in [1.165, 1.54) is 47.9 Å². The monoisotopic (exact) mass is 386 g/mol. The van der Waals surface area contributed by atoms with Crippen molar-refractivity contribution in [3.05, 3.63) is 84.0 Å². The predicted octanol–water partition coefficient (Wildman–Crippen LogP) is 8.91. The fraction of sp³-hybridized carbons (Fsp3) is 0.448. The molecule has 0 unspecified atom stereocenters. The normalized spacial score (nSPS) is 14.1. The third-order valence-electron chi connectivity index (χ3n) is 6.77. The minimum atomic E-state index is 0.118. The molecule has 0 bridgehead atoms.